The van der Waals surface area contributed by atoms with Crippen LogP contribution in [0.4, 0.5) is 8.78 Å². The molecule has 3 atom stereocenters. The van der Waals surface area contributed by atoms with E-state index in [9.17, 15) is 18.1 Å². The average molecular weight is 386 g/mol. The largest absolute Gasteiger partial charge is 0.388 e. The van der Waals surface area contributed by atoms with Crippen molar-refractivity contribution in [1.82, 2.24) is 9.88 Å². The van der Waals surface area contributed by atoms with E-state index in [1.807, 2.05) is 0 Å². The van der Waals surface area contributed by atoms with Crippen molar-refractivity contribution in [2.45, 2.75) is 57.4 Å². The molecular weight excluding hydrogens is 362 g/mol. The monoisotopic (exact) mass is 386 g/mol. The van der Waals surface area contributed by atoms with E-state index in [4.69, 9.17) is 4.52 Å². The van der Waals surface area contributed by atoms with E-state index in [0.717, 1.165) is 12.1 Å². The van der Waals surface area contributed by atoms with E-state index >= 15 is 0 Å². The smallest absolute Gasteiger partial charge is 0.131 e. The Balaban J connectivity index is 2.44. The molecule has 0 spiro atoms. The molecule has 5 nitrogen and oxygen atoms in total. The normalized spacial score (nSPS) is 16.9. The topological polar surface area (TPSA) is 75.4 Å². The molecule has 0 saturated heterocycles. The maximum Gasteiger partial charge on any atom is 0.131 e. The van der Waals surface area contributed by atoms with Crippen LogP contribution in [0.1, 0.15) is 57.0 Å². The number of hydrogen-bond acceptors (Lipinski definition) is 4. The number of rotatable bonds is 6. The quantitative estimate of drug-likeness (QED) is 0.795. The zero-order valence-corrected chi connectivity index (χ0v) is 16.3. The van der Waals surface area contributed by atoms with Crippen LogP contribution in [-0.2, 0) is 16.5 Å². The maximum absolute atomic E-state index is 14.5. The Labute approximate surface area is 154 Å². The van der Waals surface area contributed by atoms with Gasteiger partial charge in [-0.2, -0.15) is 0 Å². The van der Waals surface area contributed by atoms with E-state index < -0.39 is 39.0 Å². The van der Waals surface area contributed by atoms with Gasteiger partial charge in [-0.25, -0.2) is 17.7 Å². The number of nitrogens with zero attached hydrogens (tertiary/aromatic N) is 1. The molecule has 0 amide bonds. The van der Waals surface area contributed by atoms with Gasteiger partial charge in [-0.05, 0) is 40.7 Å². The number of hydrogen-bond donors (Lipinski definition) is 2. The van der Waals surface area contributed by atoms with Crippen molar-refractivity contribution in [3.8, 4) is 0 Å². The Morgan fingerprint density at radius 3 is 2.46 bits per heavy atom. The molecule has 2 aromatic rings. The molecule has 2 rings (SSSR count). The van der Waals surface area contributed by atoms with Crippen LogP contribution < -0.4 is 4.72 Å². The summed E-state index contributed by atoms with van der Waals surface area (Å²) in [6.07, 6.45) is 0.266. The Morgan fingerprint density at radius 1 is 1.31 bits per heavy atom. The van der Waals surface area contributed by atoms with Gasteiger partial charge in [0.2, 0.25) is 0 Å². The summed E-state index contributed by atoms with van der Waals surface area (Å²) in [5.74, 6) is -1.49. The van der Waals surface area contributed by atoms with E-state index in [1.54, 1.807) is 34.6 Å². The first kappa shape index (κ1) is 20.7. The highest BCUT2D eigenvalue weighted by Gasteiger charge is 2.37. The number of aryl methyl sites for hydroxylation is 1. The first-order valence-electron chi connectivity index (χ1n) is 8.18. The zero-order chi connectivity index (χ0) is 19.7. The SMILES string of the molecule is Cc1nocc1[C@H](O)C[C@](C)(N[S@](=O)C(C)(C)C)c1ccc(F)cc1F. The zero-order valence-electron chi connectivity index (χ0n) is 15.5. The molecule has 2 N–H and O–H groups in total. The molecule has 0 aliphatic heterocycles. The Morgan fingerprint density at radius 2 is 1.96 bits per heavy atom. The van der Waals surface area contributed by atoms with Gasteiger partial charge in [0.1, 0.15) is 17.9 Å². The van der Waals surface area contributed by atoms with Crippen molar-refractivity contribution >= 4 is 11.0 Å². The molecule has 0 radical (unpaired) electrons. The van der Waals surface area contributed by atoms with Crippen molar-refractivity contribution in [2.24, 2.45) is 0 Å². The van der Waals surface area contributed by atoms with Crippen molar-refractivity contribution in [1.29, 1.82) is 0 Å². The number of aromatic nitrogens is 1. The number of aliphatic hydroxyl groups is 1. The third-order valence-corrected chi connectivity index (χ3v) is 5.90. The molecule has 0 saturated carbocycles. The van der Waals surface area contributed by atoms with Gasteiger partial charge in [0.05, 0.1) is 33.1 Å². The Bertz CT molecular complexity index is 804. The number of nitrogens with one attached hydrogen (secondary N) is 1. The van der Waals surface area contributed by atoms with Gasteiger partial charge >= 0.3 is 0 Å². The highest BCUT2D eigenvalue weighted by atomic mass is 32.2. The van der Waals surface area contributed by atoms with Gasteiger partial charge < -0.3 is 9.63 Å². The van der Waals surface area contributed by atoms with Crippen molar-refractivity contribution in [3.63, 3.8) is 0 Å². The summed E-state index contributed by atoms with van der Waals surface area (Å²) in [5.41, 5.74) is -0.137. The minimum Gasteiger partial charge on any atom is -0.388 e. The van der Waals surface area contributed by atoms with Crippen molar-refractivity contribution in [2.75, 3.05) is 0 Å². The van der Waals surface area contributed by atoms with Crippen molar-refractivity contribution < 1.29 is 22.6 Å². The van der Waals surface area contributed by atoms with Gasteiger partial charge in [-0.3, -0.25) is 0 Å². The number of aliphatic hydroxyl groups excluding tert-OH is 1. The third kappa shape index (κ3) is 4.55. The molecule has 1 aromatic carbocycles. The minimum absolute atomic E-state index is 0.0145. The molecule has 1 aromatic heterocycles. The summed E-state index contributed by atoms with van der Waals surface area (Å²) in [6, 6.07) is 3.20. The van der Waals surface area contributed by atoms with E-state index in [-0.39, 0.29) is 12.0 Å². The van der Waals surface area contributed by atoms with Crippen LogP contribution >= 0.6 is 0 Å². The first-order chi connectivity index (χ1) is 11.9. The second-order valence-electron chi connectivity index (χ2n) is 7.51. The Hall–Kier alpha value is -1.64. The molecule has 0 unspecified atom stereocenters. The average Bonchev–Trinajstić information content (AvgIpc) is 2.92. The summed E-state index contributed by atoms with van der Waals surface area (Å²) in [7, 11) is -1.55. The lowest BCUT2D eigenvalue weighted by molar-refractivity contribution is 0.130. The second kappa shape index (κ2) is 7.54. The second-order valence-corrected chi connectivity index (χ2v) is 9.48. The van der Waals surface area contributed by atoms with Gasteiger partial charge in [0, 0.05) is 23.6 Å². The third-order valence-electron chi connectivity index (χ3n) is 4.15. The van der Waals surface area contributed by atoms with E-state index in [0.29, 0.717) is 11.3 Å². The first-order valence-corrected chi connectivity index (χ1v) is 9.33. The Kier molecular flexibility index (Phi) is 5.99. The predicted molar refractivity (Wildman–Crippen MR) is 95.6 cm³/mol. The number of halogens is 2. The molecule has 0 fully saturated rings. The van der Waals surface area contributed by atoms with Crippen LogP contribution in [0.2, 0.25) is 0 Å². The summed E-state index contributed by atoms with van der Waals surface area (Å²) < 4.78 is 47.6. The standard InChI is InChI=1S/C18H24F2N2O3S/c1-11-13(10-25-21-11)16(23)9-18(5,22-26(24)17(2,3)4)14-7-6-12(19)8-15(14)20/h6-8,10,16,22-23H,9H2,1-5H3/t16-,18+,26-/m1/s1. The maximum atomic E-state index is 14.5. The minimum atomic E-state index is -1.55. The molecule has 0 bridgehead atoms. The molecule has 144 valence electrons. The summed E-state index contributed by atoms with van der Waals surface area (Å²) in [6.45, 7) is 8.63. The lowest BCUT2D eigenvalue weighted by Crippen LogP contribution is -2.47. The lowest BCUT2D eigenvalue weighted by Gasteiger charge is -2.35. The fourth-order valence-corrected chi connectivity index (χ4v) is 3.53. The van der Waals surface area contributed by atoms with Crippen LogP contribution in [0.5, 0.6) is 0 Å². The van der Waals surface area contributed by atoms with Crippen LogP contribution in [0.3, 0.4) is 0 Å². The summed E-state index contributed by atoms with van der Waals surface area (Å²) in [4.78, 5) is 0. The number of benzene rings is 1. The van der Waals surface area contributed by atoms with Crippen LogP contribution in [-0.4, -0.2) is 19.2 Å². The van der Waals surface area contributed by atoms with Crippen LogP contribution in [0.25, 0.3) is 0 Å². The summed E-state index contributed by atoms with van der Waals surface area (Å²) >= 11 is 0. The molecule has 26 heavy (non-hydrogen) atoms. The van der Waals surface area contributed by atoms with Crippen LogP contribution in [0.15, 0.2) is 29.0 Å². The fraction of sp³-hybridized carbons (Fsp3) is 0.500. The van der Waals surface area contributed by atoms with Gasteiger partial charge in [0.15, 0.2) is 0 Å². The predicted octanol–water partition coefficient (Wildman–Crippen LogP) is 3.65. The van der Waals surface area contributed by atoms with Gasteiger partial charge in [0.25, 0.3) is 0 Å². The van der Waals surface area contributed by atoms with E-state index in [2.05, 4.69) is 9.88 Å². The molecular formula is C18H24F2N2O3S. The van der Waals surface area contributed by atoms with Crippen molar-refractivity contribution in [3.05, 3.63) is 52.9 Å². The van der Waals surface area contributed by atoms with E-state index in [1.165, 1.54) is 12.3 Å². The molecule has 0 aliphatic carbocycles. The highest BCUT2D eigenvalue weighted by molar-refractivity contribution is 7.84. The van der Waals surface area contributed by atoms with Gasteiger partial charge in [-0.15, -0.1) is 0 Å². The lowest BCUT2D eigenvalue weighted by atomic mass is 9.85. The molecule has 1 heterocycles. The van der Waals surface area contributed by atoms with Gasteiger partial charge in [-0.1, -0.05) is 11.2 Å². The molecule has 0 aliphatic rings. The fourth-order valence-electron chi connectivity index (χ4n) is 2.62. The molecule has 8 heteroatoms. The highest BCUT2D eigenvalue weighted by Crippen LogP contribution is 2.35. The van der Waals surface area contributed by atoms with Crippen LogP contribution in [0, 0.1) is 18.6 Å². The summed E-state index contributed by atoms with van der Waals surface area (Å²) in [5, 5.41) is 14.3.